The lowest BCUT2D eigenvalue weighted by atomic mass is 10.4. The number of sulfone groups is 1. The van der Waals surface area contributed by atoms with E-state index >= 15 is 0 Å². The Morgan fingerprint density at radius 1 is 1.44 bits per heavy atom. The van der Waals surface area contributed by atoms with Crippen LogP contribution in [0.2, 0.25) is 0 Å². The maximum atomic E-state index is 10.9. The van der Waals surface area contributed by atoms with Gasteiger partial charge < -0.3 is 5.32 Å². The fraction of sp³-hybridized carbons (Fsp3) is 0.727. The second kappa shape index (κ2) is 7.18. The van der Waals surface area contributed by atoms with Gasteiger partial charge in [-0.3, -0.25) is 4.90 Å². The zero-order valence-electron chi connectivity index (χ0n) is 11.1. The van der Waals surface area contributed by atoms with Gasteiger partial charge in [-0.05, 0) is 14.0 Å². The third kappa shape index (κ3) is 7.05. The van der Waals surface area contributed by atoms with Crippen molar-refractivity contribution in [2.45, 2.75) is 13.5 Å². The van der Waals surface area contributed by atoms with Crippen LogP contribution in [0.25, 0.3) is 0 Å². The van der Waals surface area contributed by atoms with Crippen LogP contribution in [0, 0.1) is 6.92 Å². The van der Waals surface area contributed by atoms with Gasteiger partial charge in [-0.15, -0.1) is 11.3 Å². The van der Waals surface area contributed by atoms with Crippen molar-refractivity contribution in [1.29, 1.82) is 0 Å². The number of likely N-dealkylation sites (N-methyl/N-ethyl adjacent to an activating group) is 1. The number of hydrogen-bond donors (Lipinski definition) is 1. The summed E-state index contributed by atoms with van der Waals surface area (Å²) in [5.74, 6) is 0.196. The van der Waals surface area contributed by atoms with Crippen LogP contribution in [0.15, 0.2) is 5.38 Å². The third-order valence-electron chi connectivity index (χ3n) is 2.42. The lowest BCUT2D eigenvalue weighted by Crippen LogP contribution is -2.31. The van der Waals surface area contributed by atoms with E-state index in [0.29, 0.717) is 6.54 Å². The number of nitrogens with one attached hydrogen (secondary N) is 1. The van der Waals surface area contributed by atoms with Gasteiger partial charge in [0.25, 0.3) is 0 Å². The lowest BCUT2D eigenvalue weighted by molar-refractivity contribution is 0.322. The molecule has 1 rings (SSSR count). The first-order valence-electron chi connectivity index (χ1n) is 5.85. The third-order valence-corrected chi connectivity index (χ3v) is 4.19. The zero-order chi connectivity index (χ0) is 13.6. The number of rotatable bonds is 8. The highest BCUT2D eigenvalue weighted by atomic mass is 32.2. The molecule has 7 heteroatoms. The van der Waals surface area contributed by atoms with Crippen LogP contribution in [-0.2, 0) is 16.4 Å². The number of aromatic nitrogens is 1. The molecule has 0 amide bonds. The van der Waals surface area contributed by atoms with Gasteiger partial charge in [0, 0.05) is 37.8 Å². The molecule has 1 aromatic rings. The summed E-state index contributed by atoms with van der Waals surface area (Å²) in [5, 5.41) is 6.29. The van der Waals surface area contributed by atoms with E-state index in [1.807, 2.05) is 14.0 Å². The molecule has 0 saturated carbocycles. The Kier molecular flexibility index (Phi) is 6.20. The Hall–Kier alpha value is -0.500. The van der Waals surface area contributed by atoms with Crippen molar-refractivity contribution in [2.75, 3.05) is 38.7 Å². The Labute approximate surface area is 113 Å². The highest BCUT2D eigenvalue weighted by molar-refractivity contribution is 7.90. The molecule has 0 radical (unpaired) electrons. The summed E-state index contributed by atoms with van der Waals surface area (Å²) in [6.45, 7) is 5.01. The topological polar surface area (TPSA) is 62.3 Å². The molecule has 1 aromatic heterocycles. The first-order valence-corrected chi connectivity index (χ1v) is 8.79. The largest absolute Gasteiger partial charge is 0.314 e. The minimum absolute atomic E-state index is 0.196. The monoisotopic (exact) mass is 291 g/mol. The molecule has 0 aliphatic carbocycles. The molecule has 0 aliphatic heterocycles. The van der Waals surface area contributed by atoms with Crippen LogP contribution in [0.3, 0.4) is 0 Å². The molecular weight excluding hydrogens is 270 g/mol. The fourth-order valence-corrected chi connectivity index (χ4v) is 2.61. The summed E-state index contributed by atoms with van der Waals surface area (Å²) in [6, 6.07) is 0. The molecule has 104 valence electrons. The summed E-state index contributed by atoms with van der Waals surface area (Å²) < 4.78 is 21.8. The molecule has 1 N–H and O–H groups in total. The normalized spacial score (nSPS) is 12.2. The van der Waals surface area contributed by atoms with Gasteiger partial charge in [0.05, 0.1) is 16.5 Å². The minimum Gasteiger partial charge on any atom is -0.314 e. The standard InChI is InChI=1S/C11H21N3O2S2/c1-10-13-11(9-17-10)8-14(2)6-4-12-5-7-18(3,15)16/h9,12H,4-8H2,1-3H3. The summed E-state index contributed by atoms with van der Waals surface area (Å²) >= 11 is 1.66. The second-order valence-electron chi connectivity index (χ2n) is 4.48. The quantitative estimate of drug-likeness (QED) is 0.708. The predicted octanol–water partition coefficient (Wildman–Crippen LogP) is 0.518. The second-order valence-corrected chi connectivity index (χ2v) is 7.80. The van der Waals surface area contributed by atoms with Crippen molar-refractivity contribution in [2.24, 2.45) is 0 Å². The van der Waals surface area contributed by atoms with Crippen LogP contribution in [0.1, 0.15) is 10.7 Å². The summed E-state index contributed by atoms with van der Waals surface area (Å²) in [5.41, 5.74) is 1.09. The molecule has 1 heterocycles. The molecule has 0 atom stereocenters. The van der Waals surface area contributed by atoms with Gasteiger partial charge >= 0.3 is 0 Å². The summed E-state index contributed by atoms with van der Waals surface area (Å²) in [7, 11) is -0.821. The maximum absolute atomic E-state index is 10.9. The molecule has 0 saturated heterocycles. The number of nitrogens with zero attached hydrogens (tertiary/aromatic N) is 2. The number of thiazole rings is 1. The summed E-state index contributed by atoms with van der Waals surface area (Å²) in [6.07, 6.45) is 1.26. The zero-order valence-corrected chi connectivity index (χ0v) is 12.8. The SMILES string of the molecule is Cc1nc(CN(C)CCNCCS(C)(=O)=O)cs1. The van der Waals surface area contributed by atoms with E-state index in [0.717, 1.165) is 30.3 Å². The average Bonchev–Trinajstić information content (AvgIpc) is 2.61. The number of hydrogen-bond acceptors (Lipinski definition) is 6. The van der Waals surface area contributed by atoms with E-state index in [1.165, 1.54) is 6.26 Å². The fourth-order valence-electron chi connectivity index (χ4n) is 1.49. The first kappa shape index (κ1) is 15.6. The Morgan fingerprint density at radius 2 is 2.17 bits per heavy atom. The predicted molar refractivity (Wildman–Crippen MR) is 75.8 cm³/mol. The highest BCUT2D eigenvalue weighted by Gasteiger charge is 2.04. The van der Waals surface area contributed by atoms with Crippen molar-refractivity contribution < 1.29 is 8.42 Å². The Bertz CT molecular complexity index is 457. The van der Waals surface area contributed by atoms with Crippen molar-refractivity contribution >= 4 is 21.2 Å². The van der Waals surface area contributed by atoms with Crippen LogP contribution in [0.4, 0.5) is 0 Å². The van der Waals surface area contributed by atoms with Gasteiger partial charge in [0.2, 0.25) is 0 Å². The van der Waals surface area contributed by atoms with E-state index in [1.54, 1.807) is 11.3 Å². The molecular formula is C11H21N3O2S2. The van der Waals surface area contributed by atoms with E-state index in [2.05, 4.69) is 20.6 Å². The lowest BCUT2D eigenvalue weighted by Gasteiger charge is -2.15. The highest BCUT2D eigenvalue weighted by Crippen LogP contribution is 2.09. The van der Waals surface area contributed by atoms with E-state index in [-0.39, 0.29) is 5.75 Å². The molecule has 0 unspecified atom stereocenters. The Balaban J connectivity index is 2.12. The molecule has 0 fully saturated rings. The van der Waals surface area contributed by atoms with Crippen LogP contribution >= 0.6 is 11.3 Å². The van der Waals surface area contributed by atoms with Crippen molar-refractivity contribution in [1.82, 2.24) is 15.2 Å². The first-order chi connectivity index (χ1) is 8.37. The summed E-state index contributed by atoms with van der Waals surface area (Å²) in [4.78, 5) is 6.57. The Morgan fingerprint density at radius 3 is 2.72 bits per heavy atom. The smallest absolute Gasteiger partial charge is 0.148 e. The molecule has 0 aliphatic rings. The molecule has 0 bridgehead atoms. The van der Waals surface area contributed by atoms with Gasteiger partial charge in [-0.2, -0.15) is 0 Å². The van der Waals surface area contributed by atoms with Gasteiger partial charge in [0.15, 0.2) is 0 Å². The minimum atomic E-state index is -2.86. The van der Waals surface area contributed by atoms with Crippen LogP contribution in [-0.4, -0.2) is 57.0 Å². The van der Waals surface area contributed by atoms with Gasteiger partial charge in [-0.1, -0.05) is 0 Å². The van der Waals surface area contributed by atoms with Gasteiger partial charge in [-0.25, -0.2) is 13.4 Å². The van der Waals surface area contributed by atoms with Crippen molar-refractivity contribution in [3.8, 4) is 0 Å². The van der Waals surface area contributed by atoms with Crippen LogP contribution < -0.4 is 5.32 Å². The van der Waals surface area contributed by atoms with E-state index in [9.17, 15) is 8.42 Å². The maximum Gasteiger partial charge on any atom is 0.148 e. The molecule has 18 heavy (non-hydrogen) atoms. The van der Waals surface area contributed by atoms with Gasteiger partial charge in [0.1, 0.15) is 9.84 Å². The van der Waals surface area contributed by atoms with Crippen molar-refractivity contribution in [3.63, 3.8) is 0 Å². The van der Waals surface area contributed by atoms with Crippen LogP contribution in [0.5, 0.6) is 0 Å². The average molecular weight is 291 g/mol. The van der Waals surface area contributed by atoms with E-state index in [4.69, 9.17) is 0 Å². The van der Waals surface area contributed by atoms with E-state index < -0.39 is 9.84 Å². The molecule has 0 aromatic carbocycles. The number of aryl methyl sites for hydroxylation is 1. The van der Waals surface area contributed by atoms with Crippen molar-refractivity contribution in [3.05, 3.63) is 16.1 Å². The molecule has 5 nitrogen and oxygen atoms in total. The molecule has 0 spiro atoms.